The highest BCUT2D eigenvalue weighted by molar-refractivity contribution is 7.10. The molecular formula is C14H17NO2S. The quantitative estimate of drug-likeness (QED) is 0.877. The number of thiophene rings is 1. The van der Waals surface area contributed by atoms with Gasteiger partial charge >= 0.3 is 0 Å². The van der Waals surface area contributed by atoms with Gasteiger partial charge in [0.2, 0.25) is 0 Å². The molecule has 1 aromatic heterocycles. The lowest BCUT2D eigenvalue weighted by Crippen LogP contribution is -2.05. The highest BCUT2D eigenvalue weighted by Crippen LogP contribution is 2.31. The molecule has 3 nitrogen and oxygen atoms in total. The summed E-state index contributed by atoms with van der Waals surface area (Å²) in [4.78, 5) is 1.31. The maximum absolute atomic E-state index is 9.73. The molecule has 0 aliphatic rings. The van der Waals surface area contributed by atoms with Gasteiger partial charge in [0.25, 0.3) is 0 Å². The first-order valence-electron chi connectivity index (χ1n) is 5.79. The third-order valence-corrected chi connectivity index (χ3v) is 4.06. The summed E-state index contributed by atoms with van der Waals surface area (Å²) in [6.07, 6.45) is 0. The fraction of sp³-hybridized carbons (Fsp3) is 0.286. The van der Waals surface area contributed by atoms with Crippen molar-refractivity contribution in [1.29, 1.82) is 0 Å². The molecule has 0 aliphatic heterocycles. The van der Waals surface area contributed by atoms with Gasteiger partial charge < -0.3 is 15.2 Å². The van der Waals surface area contributed by atoms with E-state index in [4.69, 9.17) is 4.74 Å². The predicted octanol–water partition coefficient (Wildman–Crippen LogP) is 3.94. The van der Waals surface area contributed by atoms with Gasteiger partial charge in [-0.15, -0.1) is 11.3 Å². The van der Waals surface area contributed by atoms with E-state index < -0.39 is 0 Å². The normalized spacial score (nSPS) is 12.2. The Morgan fingerprint density at radius 1 is 1.33 bits per heavy atom. The molecule has 96 valence electrons. The number of rotatable bonds is 4. The van der Waals surface area contributed by atoms with Crippen LogP contribution in [0.3, 0.4) is 0 Å². The van der Waals surface area contributed by atoms with Gasteiger partial charge in [-0.25, -0.2) is 0 Å². The highest BCUT2D eigenvalue weighted by Gasteiger charge is 2.10. The molecule has 0 saturated heterocycles. The zero-order chi connectivity index (χ0) is 13.1. The third-order valence-electron chi connectivity index (χ3n) is 2.86. The number of aromatic hydroxyl groups is 1. The Bertz CT molecular complexity index is 536. The van der Waals surface area contributed by atoms with E-state index in [1.54, 1.807) is 30.6 Å². The Morgan fingerprint density at radius 2 is 2.11 bits per heavy atom. The predicted molar refractivity (Wildman–Crippen MR) is 75.8 cm³/mol. The summed E-state index contributed by atoms with van der Waals surface area (Å²) in [5.41, 5.74) is 2.17. The zero-order valence-electron chi connectivity index (χ0n) is 10.7. The number of anilines is 1. The first kappa shape index (κ1) is 12.8. The summed E-state index contributed by atoms with van der Waals surface area (Å²) in [5.74, 6) is 0.637. The number of aryl methyl sites for hydroxylation is 1. The Hall–Kier alpha value is -1.68. The molecular weight excluding hydrogens is 246 g/mol. The van der Waals surface area contributed by atoms with E-state index in [9.17, 15) is 5.11 Å². The molecule has 1 atom stereocenters. The molecule has 2 aromatic rings. The number of hydrogen-bond acceptors (Lipinski definition) is 4. The average molecular weight is 263 g/mol. The van der Waals surface area contributed by atoms with Crippen LogP contribution in [0.25, 0.3) is 0 Å². The lowest BCUT2D eigenvalue weighted by molar-refractivity contribution is 0.373. The van der Waals surface area contributed by atoms with Crippen LogP contribution in [0.4, 0.5) is 5.69 Å². The van der Waals surface area contributed by atoms with Crippen LogP contribution < -0.4 is 10.1 Å². The fourth-order valence-corrected chi connectivity index (χ4v) is 2.86. The molecule has 2 rings (SSSR count). The molecule has 0 bridgehead atoms. The van der Waals surface area contributed by atoms with Crippen LogP contribution in [-0.2, 0) is 0 Å². The van der Waals surface area contributed by atoms with E-state index in [0.29, 0.717) is 5.75 Å². The molecule has 0 amide bonds. The highest BCUT2D eigenvalue weighted by atomic mass is 32.1. The van der Waals surface area contributed by atoms with Gasteiger partial charge in [-0.2, -0.15) is 0 Å². The first-order valence-corrected chi connectivity index (χ1v) is 6.67. The fourth-order valence-electron chi connectivity index (χ4n) is 1.92. The minimum atomic E-state index is 0.151. The van der Waals surface area contributed by atoms with Crippen molar-refractivity contribution in [3.05, 3.63) is 40.1 Å². The standard InChI is InChI=1S/C14H17NO2S/c1-9-6-7-18-14(9)10(2)15-11-4-5-13(17-3)12(16)8-11/h4-8,10,15-16H,1-3H3. The molecule has 0 radical (unpaired) electrons. The van der Waals surface area contributed by atoms with Gasteiger partial charge in [0, 0.05) is 16.6 Å². The van der Waals surface area contributed by atoms with Crippen LogP contribution in [0, 0.1) is 6.92 Å². The number of phenolic OH excluding ortho intramolecular Hbond substituents is 1. The molecule has 18 heavy (non-hydrogen) atoms. The molecule has 1 unspecified atom stereocenters. The van der Waals surface area contributed by atoms with Gasteiger partial charge in [-0.3, -0.25) is 0 Å². The third kappa shape index (κ3) is 2.59. The van der Waals surface area contributed by atoms with Crippen molar-refractivity contribution >= 4 is 17.0 Å². The smallest absolute Gasteiger partial charge is 0.160 e. The van der Waals surface area contributed by atoms with Crippen molar-refractivity contribution in [3.8, 4) is 11.5 Å². The Labute approximate surface area is 111 Å². The summed E-state index contributed by atoms with van der Waals surface area (Å²) in [7, 11) is 1.54. The maximum atomic E-state index is 9.73. The number of methoxy groups -OCH3 is 1. The van der Waals surface area contributed by atoms with Crippen molar-refractivity contribution in [2.24, 2.45) is 0 Å². The average Bonchev–Trinajstić information content (AvgIpc) is 2.76. The van der Waals surface area contributed by atoms with Crippen molar-refractivity contribution < 1.29 is 9.84 Å². The van der Waals surface area contributed by atoms with Crippen LogP contribution in [-0.4, -0.2) is 12.2 Å². The first-order chi connectivity index (χ1) is 8.61. The van der Waals surface area contributed by atoms with Crippen molar-refractivity contribution in [3.63, 3.8) is 0 Å². The lowest BCUT2D eigenvalue weighted by atomic mass is 10.2. The minimum Gasteiger partial charge on any atom is -0.504 e. The Balaban J connectivity index is 2.15. The van der Waals surface area contributed by atoms with Crippen LogP contribution in [0.2, 0.25) is 0 Å². The van der Waals surface area contributed by atoms with Crippen LogP contribution in [0.1, 0.15) is 23.4 Å². The molecule has 4 heteroatoms. The van der Waals surface area contributed by atoms with Crippen molar-refractivity contribution in [2.45, 2.75) is 19.9 Å². The number of nitrogens with one attached hydrogen (secondary N) is 1. The number of hydrogen-bond donors (Lipinski definition) is 2. The second kappa shape index (κ2) is 5.31. The summed E-state index contributed by atoms with van der Waals surface area (Å²) >= 11 is 1.74. The van der Waals surface area contributed by atoms with E-state index in [0.717, 1.165) is 5.69 Å². The summed E-state index contributed by atoms with van der Waals surface area (Å²) in [6, 6.07) is 7.67. The largest absolute Gasteiger partial charge is 0.504 e. The van der Waals surface area contributed by atoms with Gasteiger partial charge in [0.05, 0.1) is 13.2 Å². The Morgan fingerprint density at radius 3 is 2.67 bits per heavy atom. The lowest BCUT2D eigenvalue weighted by Gasteiger charge is -2.15. The van der Waals surface area contributed by atoms with Crippen LogP contribution in [0.5, 0.6) is 11.5 Å². The summed E-state index contributed by atoms with van der Waals surface area (Å²) in [5, 5.41) is 15.2. The molecule has 0 fully saturated rings. The van der Waals surface area contributed by atoms with Crippen LogP contribution in [0.15, 0.2) is 29.6 Å². The molecule has 2 N–H and O–H groups in total. The summed E-state index contributed by atoms with van der Waals surface area (Å²) in [6.45, 7) is 4.22. The molecule has 1 aromatic carbocycles. The summed E-state index contributed by atoms with van der Waals surface area (Å²) < 4.78 is 5.02. The van der Waals surface area contributed by atoms with E-state index in [1.165, 1.54) is 10.4 Å². The van der Waals surface area contributed by atoms with Crippen molar-refractivity contribution in [2.75, 3.05) is 12.4 Å². The van der Waals surface area contributed by atoms with Crippen LogP contribution >= 0.6 is 11.3 Å². The maximum Gasteiger partial charge on any atom is 0.160 e. The van der Waals surface area contributed by atoms with E-state index in [1.807, 2.05) is 6.07 Å². The van der Waals surface area contributed by atoms with E-state index in [-0.39, 0.29) is 11.8 Å². The number of ether oxygens (including phenoxy) is 1. The van der Waals surface area contributed by atoms with Crippen molar-refractivity contribution in [1.82, 2.24) is 0 Å². The van der Waals surface area contributed by atoms with Gasteiger partial charge in [-0.1, -0.05) is 0 Å². The zero-order valence-corrected chi connectivity index (χ0v) is 11.5. The molecule has 0 aliphatic carbocycles. The number of phenols is 1. The minimum absolute atomic E-state index is 0.151. The molecule has 0 spiro atoms. The topological polar surface area (TPSA) is 41.5 Å². The SMILES string of the molecule is COc1ccc(NC(C)c2sccc2C)cc1O. The van der Waals surface area contributed by atoms with Gasteiger partial charge in [-0.05, 0) is 43.0 Å². The van der Waals surface area contributed by atoms with E-state index >= 15 is 0 Å². The molecule has 1 heterocycles. The second-order valence-corrected chi connectivity index (χ2v) is 5.17. The monoisotopic (exact) mass is 263 g/mol. The molecule has 0 saturated carbocycles. The number of benzene rings is 1. The van der Waals surface area contributed by atoms with Gasteiger partial charge in [0.15, 0.2) is 11.5 Å². The Kier molecular flexibility index (Phi) is 3.77. The second-order valence-electron chi connectivity index (χ2n) is 4.22. The van der Waals surface area contributed by atoms with E-state index in [2.05, 4.69) is 30.6 Å². The van der Waals surface area contributed by atoms with Gasteiger partial charge in [0.1, 0.15) is 0 Å².